The largest absolute Gasteiger partial charge is 0.455 e. The van der Waals surface area contributed by atoms with E-state index in [0.717, 1.165) is 0 Å². The SMILES string of the molecule is CC(OC(=O)C1C2C=CC(C2)C1C(=O)OC(CS(=O)(=O)O)C(F)(F)F)C(F)(F)S(=O)(=O)O. The molecule has 2 aliphatic carbocycles. The first-order valence-corrected chi connectivity index (χ1v) is 11.8. The molecule has 0 saturated heterocycles. The third kappa shape index (κ3) is 5.55. The average Bonchev–Trinajstić information content (AvgIpc) is 3.19. The number of alkyl halides is 5. The molecule has 1 fully saturated rings. The molecular formula is C15H17F5O10S2. The summed E-state index contributed by atoms with van der Waals surface area (Å²) in [6.45, 7) is 0.438. The second kappa shape index (κ2) is 8.49. The van der Waals surface area contributed by atoms with Gasteiger partial charge in [-0.3, -0.25) is 18.7 Å². The highest BCUT2D eigenvalue weighted by Gasteiger charge is 2.57. The number of hydrogen-bond acceptors (Lipinski definition) is 8. The highest BCUT2D eigenvalue weighted by atomic mass is 32.2. The molecule has 0 spiro atoms. The van der Waals surface area contributed by atoms with Crippen LogP contribution < -0.4 is 0 Å². The van der Waals surface area contributed by atoms with Crippen LogP contribution in [0.4, 0.5) is 22.0 Å². The monoisotopic (exact) mass is 516 g/mol. The van der Waals surface area contributed by atoms with Gasteiger partial charge in [-0.05, 0) is 25.2 Å². The number of allylic oxidation sites excluding steroid dienone is 2. The Morgan fingerprint density at radius 1 is 0.969 bits per heavy atom. The zero-order chi connectivity index (χ0) is 24.9. The Morgan fingerprint density at radius 3 is 1.78 bits per heavy atom. The average molecular weight is 516 g/mol. The van der Waals surface area contributed by atoms with Crippen LogP contribution in [0.1, 0.15) is 13.3 Å². The first kappa shape index (κ1) is 26.4. The highest BCUT2D eigenvalue weighted by Crippen LogP contribution is 2.49. The van der Waals surface area contributed by atoms with Gasteiger partial charge in [-0.15, -0.1) is 0 Å². The van der Waals surface area contributed by atoms with Crippen LogP contribution in [-0.4, -0.2) is 67.3 Å². The van der Waals surface area contributed by atoms with Crippen molar-refractivity contribution in [3.8, 4) is 0 Å². The number of hydrogen-bond donors (Lipinski definition) is 2. The van der Waals surface area contributed by atoms with Gasteiger partial charge in [0.1, 0.15) is 5.75 Å². The number of ether oxygens (including phenoxy) is 2. The van der Waals surface area contributed by atoms with Gasteiger partial charge in [0.15, 0.2) is 6.10 Å². The molecule has 1 saturated carbocycles. The molecule has 184 valence electrons. The molecular weight excluding hydrogens is 499 g/mol. The van der Waals surface area contributed by atoms with Crippen molar-refractivity contribution >= 4 is 32.2 Å². The summed E-state index contributed by atoms with van der Waals surface area (Å²) in [6.07, 6.45) is -8.62. The lowest BCUT2D eigenvalue weighted by molar-refractivity contribution is -0.219. The van der Waals surface area contributed by atoms with Crippen molar-refractivity contribution in [1.82, 2.24) is 0 Å². The Kier molecular flexibility index (Phi) is 7.01. The third-order valence-corrected chi connectivity index (χ3v) is 6.84. The molecule has 0 aromatic rings. The van der Waals surface area contributed by atoms with Crippen molar-refractivity contribution in [3.63, 3.8) is 0 Å². The van der Waals surface area contributed by atoms with Crippen LogP contribution in [0.25, 0.3) is 0 Å². The minimum atomic E-state index is -5.98. The quantitative estimate of drug-likeness (QED) is 0.208. The van der Waals surface area contributed by atoms with Crippen LogP contribution in [0, 0.1) is 23.7 Å². The molecule has 2 N–H and O–H groups in total. The van der Waals surface area contributed by atoms with Crippen LogP contribution in [0.5, 0.6) is 0 Å². The van der Waals surface area contributed by atoms with Crippen molar-refractivity contribution in [1.29, 1.82) is 0 Å². The number of halogens is 5. The number of esters is 2. The van der Waals surface area contributed by atoms with Crippen molar-refractivity contribution < 1.29 is 67.0 Å². The van der Waals surface area contributed by atoms with Gasteiger partial charge in [-0.2, -0.15) is 38.8 Å². The fraction of sp³-hybridized carbons (Fsp3) is 0.733. The Hall–Kier alpha value is -1.85. The van der Waals surface area contributed by atoms with Crippen LogP contribution in [0.2, 0.25) is 0 Å². The lowest BCUT2D eigenvalue weighted by Crippen LogP contribution is -2.46. The van der Waals surface area contributed by atoms with E-state index in [4.69, 9.17) is 9.11 Å². The minimum Gasteiger partial charge on any atom is -0.455 e. The Bertz CT molecular complexity index is 1000. The summed E-state index contributed by atoms with van der Waals surface area (Å²) in [4.78, 5) is 24.8. The van der Waals surface area contributed by atoms with Crippen molar-refractivity contribution in [2.75, 3.05) is 5.75 Å². The first-order valence-electron chi connectivity index (χ1n) is 8.71. The summed E-state index contributed by atoms with van der Waals surface area (Å²) < 4.78 is 135. The summed E-state index contributed by atoms with van der Waals surface area (Å²) in [5.41, 5.74) is 0. The van der Waals surface area contributed by atoms with E-state index >= 15 is 0 Å². The maximum atomic E-state index is 13.6. The van der Waals surface area contributed by atoms with Gasteiger partial charge in [0.25, 0.3) is 10.1 Å². The fourth-order valence-electron chi connectivity index (χ4n) is 3.60. The molecule has 0 heterocycles. The smallest absolute Gasteiger partial charge is 0.426 e. The molecule has 2 rings (SSSR count). The molecule has 0 radical (unpaired) electrons. The van der Waals surface area contributed by atoms with E-state index in [1.54, 1.807) is 0 Å². The highest BCUT2D eigenvalue weighted by molar-refractivity contribution is 7.87. The van der Waals surface area contributed by atoms with E-state index < -0.39 is 85.2 Å². The van der Waals surface area contributed by atoms with Gasteiger partial charge in [0, 0.05) is 0 Å². The van der Waals surface area contributed by atoms with Crippen molar-refractivity contribution in [2.45, 2.75) is 37.0 Å². The first-order chi connectivity index (χ1) is 14.3. The summed E-state index contributed by atoms with van der Waals surface area (Å²) in [5, 5.41) is -4.91. The van der Waals surface area contributed by atoms with Crippen molar-refractivity contribution in [2.24, 2.45) is 23.7 Å². The lowest BCUT2D eigenvalue weighted by Gasteiger charge is -2.29. The second-order valence-electron chi connectivity index (χ2n) is 7.33. The van der Waals surface area contributed by atoms with E-state index in [0.29, 0.717) is 6.92 Å². The maximum absolute atomic E-state index is 13.6. The molecule has 32 heavy (non-hydrogen) atoms. The van der Waals surface area contributed by atoms with E-state index in [1.807, 2.05) is 0 Å². The standard InChI is InChI=1S/C15H17F5O10S2/c1-6(15(19,20)32(26,27)28)29-12(21)10-7-2-3-8(4-7)11(10)13(22)30-9(14(16,17)18)5-31(23,24)25/h2-3,6-11H,4-5H2,1H3,(H,23,24,25)(H,26,27,28). The minimum absolute atomic E-state index is 0.0254. The number of fused-ring (bicyclic) bond motifs is 2. The maximum Gasteiger partial charge on any atom is 0.426 e. The number of carbonyl (C=O) groups excluding carboxylic acids is 2. The van der Waals surface area contributed by atoms with Crippen LogP contribution in [0.3, 0.4) is 0 Å². The second-order valence-corrected chi connectivity index (χ2v) is 10.3. The van der Waals surface area contributed by atoms with Crippen molar-refractivity contribution in [3.05, 3.63) is 12.2 Å². The summed E-state index contributed by atoms with van der Waals surface area (Å²) in [7, 11) is -11.2. The Balaban J connectivity index is 2.24. The molecule has 0 amide bonds. The van der Waals surface area contributed by atoms with Gasteiger partial charge >= 0.3 is 33.5 Å². The molecule has 2 aliphatic rings. The van der Waals surface area contributed by atoms with Crippen LogP contribution >= 0.6 is 0 Å². The van der Waals surface area contributed by atoms with Crippen LogP contribution in [0.15, 0.2) is 12.2 Å². The zero-order valence-corrected chi connectivity index (χ0v) is 17.5. The molecule has 6 unspecified atom stereocenters. The Morgan fingerprint density at radius 2 is 1.41 bits per heavy atom. The number of rotatable bonds is 8. The predicted octanol–water partition coefficient (Wildman–Crippen LogP) is 1.20. The predicted molar refractivity (Wildman–Crippen MR) is 92.1 cm³/mol. The fourth-order valence-corrected chi connectivity index (χ4v) is 4.71. The zero-order valence-electron chi connectivity index (χ0n) is 15.9. The Labute approximate surface area is 178 Å². The molecule has 0 aliphatic heterocycles. The normalized spacial score (nSPS) is 27.8. The van der Waals surface area contributed by atoms with E-state index in [2.05, 4.69) is 9.47 Å². The summed E-state index contributed by atoms with van der Waals surface area (Å²) in [5.74, 6) is -10.3. The number of carbonyl (C=O) groups is 2. The molecule has 6 atom stereocenters. The van der Waals surface area contributed by atoms with E-state index in [9.17, 15) is 48.4 Å². The van der Waals surface area contributed by atoms with Gasteiger partial charge < -0.3 is 9.47 Å². The summed E-state index contributed by atoms with van der Waals surface area (Å²) in [6, 6.07) is 0. The van der Waals surface area contributed by atoms with E-state index in [1.165, 1.54) is 12.2 Å². The molecule has 17 heteroatoms. The van der Waals surface area contributed by atoms with E-state index in [-0.39, 0.29) is 6.42 Å². The van der Waals surface area contributed by atoms with Gasteiger partial charge in [-0.25, -0.2) is 0 Å². The topological polar surface area (TPSA) is 161 Å². The molecule has 10 nitrogen and oxygen atoms in total. The summed E-state index contributed by atoms with van der Waals surface area (Å²) >= 11 is 0. The third-order valence-electron chi connectivity index (χ3n) is 5.10. The van der Waals surface area contributed by atoms with Gasteiger partial charge in [0.05, 0.1) is 11.8 Å². The molecule has 0 aromatic heterocycles. The lowest BCUT2D eigenvalue weighted by atomic mass is 9.83. The van der Waals surface area contributed by atoms with Gasteiger partial charge in [-0.1, -0.05) is 12.2 Å². The molecule has 0 aromatic carbocycles. The van der Waals surface area contributed by atoms with Gasteiger partial charge in [0.2, 0.25) is 6.10 Å². The van der Waals surface area contributed by atoms with Crippen LogP contribution in [-0.2, 0) is 39.3 Å². The molecule has 2 bridgehead atoms.